The van der Waals surface area contributed by atoms with Crippen LogP contribution in [0.15, 0.2) is 24.5 Å². The van der Waals surface area contributed by atoms with Crippen molar-refractivity contribution in [2.24, 2.45) is 5.92 Å². The third kappa shape index (κ3) is 2.87. The fraction of sp³-hybridized carbons (Fsp3) is 0.316. The largest absolute Gasteiger partial charge is 0.493 e. The lowest BCUT2D eigenvalue weighted by molar-refractivity contribution is 0.112. The highest BCUT2D eigenvalue weighted by atomic mass is 32.1. The van der Waals surface area contributed by atoms with E-state index in [2.05, 4.69) is 16.9 Å². The Balaban J connectivity index is 1.81. The predicted octanol–water partition coefficient (Wildman–Crippen LogP) is 4.43. The molecule has 0 spiro atoms. The van der Waals surface area contributed by atoms with Gasteiger partial charge in [0.2, 0.25) is 5.88 Å². The summed E-state index contributed by atoms with van der Waals surface area (Å²) < 4.78 is 11.4. The van der Waals surface area contributed by atoms with E-state index < -0.39 is 0 Å². The van der Waals surface area contributed by atoms with Gasteiger partial charge in [0.1, 0.15) is 17.4 Å². The van der Waals surface area contributed by atoms with Crippen LogP contribution < -0.4 is 9.47 Å². The van der Waals surface area contributed by atoms with E-state index in [0.717, 1.165) is 35.8 Å². The molecule has 0 bridgehead atoms. The van der Waals surface area contributed by atoms with Crippen LogP contribution in [0, 0.1) is 5.92 Å². The molecular weight excluding hydrogens is 336 g/mol. The van der Waals surface area contributed by atoms with Crippen molar-refractivity contribution in [1.82, 2.24) is 9.97 Å². The second kappa shape index (κ2) is 6.44. The Kier molecular flexibility index (Phi) is 4.13. The Labute approximate surface area is 149 Å². The van der Waals surface area contributed by atoms with Gasteiger partial charge in [0.25, 0.3) is 0 Å². The zero-order valence-corrected chi connectivity index (χ0v) is 14.9. The SMILES string of the molecule is COc1ccc(C=O)cc1Oc1ncnc2sc3c(c12)CC[C@H](C)C3. The molecule has 3 aromatic rings. The smallest absolute Gasteiger partial charge is 0.231 e. The van der Waals surface area contributed by atoms with Crippen LogP contribution in [0.4, 0.5) is 0 Å². The van der Waals surface area contributed by atoms with E-state index in [4.69, 9.17) is 9.47 Å². The van der Waals surface area contributed by atoms with Crippen molar-refractivity contribution in [3.63, 3.8) is 0 Å². The molecule has 0 aliphatic heterocycles. The highest BCUT2D eigenvalue weighted by Crippen LogP contribution is 2.42. The third-order valence-corrected chi connectivity index (χ3v) is 5.75. The fourth-order valence-corrected chi connectivity index (χ4v) is 4.62. The van der Waals surface area contributed by atoms with Crippen LogP contribution >= 0.6 is 11.3 Å². The number of methoxy groups -OCH3 is 1. The Bertz CT molecular complexity index is 951. The highest BCUT2D eigenvalue weighted by Gasteiger charge is 2.24. The van der Waals surface area contributed by atoms with Gasteiger partial charge in [-0.25, -0.2) is 9.97 Å². The number of hydrogen-bond acceptors (Lipinski definition) is 6. The van der Waals surface area contributed by atoms with Crippen LogP contribution in [0.5, 0.6) is 17.4 Å². The zero-order valence-electron chi connectivity index (χ0n) is 14.1. The zero-order chi connectivity index (χ0) is 17.4. The maximum atomic E-state index is 11.1. The summed E-state index contributed by atoms with van der Waals surface area (Å²) in [6, 6.07) is 5.09. The number of aryl methyl sites for hydroxylation is 1. The Morgan fingerprint density at radius 3 is 2.96 bits per heavy atom. The van der Waals surface area contributed by atoms with E-state index >= 15 is 0 Å². The second-order valence-corrected chi connectivity index (χ2v) is 7.42. The summed E-state index contributed by atoms with van der Waals surface area (Å²) in [5, 5.41) is 0.993. The molecule has 6 heteroatoms. The van der Waals surface area contributed by atoms with Crippen LogP contribution in [0.1, 0.15) is 34.1 Å². The highest BCUT2D eigenvalue weighted by molar-refractivity contribution is 7.18. The van der Waals surface area contributed by atoms with E-state index in [0.29, 0.717) is 28.9 Å². The first kappa shape index (κ1) is 16.0. The van der Waals surface area contributed by atoms with E-state index in [9.17, 15) is 4.79 Å². The van der Waals surface area contributed by atoms with Crippen molar-refractivity contribution in [2.45, 2.75) is 26.2 Å². The number of thiophene rings is 1. The first-order valence-corrected chi connectivity index (χ1v) is 9.07. The first-order valence-electron chi connectivity index (χ1n) is 8.26. The number of hydrogen-bond donors (Lipinski definition) is 0. The normalized spacial score (nSPS) is 16.5. The number of nitrogens with zero attached hydrogens (tertiary/aromatic N) is 2. The second-order valence-electron chi connectivity index (χ2n) is 6.34. The lowest BCUT2D eigenvalue weighted by Gasteiger charge is -2.18. The van der Waals surface area contributed by atoms with Gasteiger partial charge in [-0.05, 0) is 48.9 Å². The molecule has 0 unspecified atom stereocenters. The minimum atomic E-state index is 0.483. The average molecular weight is 354 g/mol. The molecule has 25 heavy (non-hydrogen) atoms. The summed E-state index contributed by atoms with van der Waals surface area (Å²) in [5.74, 6) is 2.27. The molecular formula is C19H18N2O3S. The van der Waals surface area contributed by atoms with E-state index in [1.807, 2.05) is 0 Å². The van der Waals surface area contributed by atoms with Gasteiger partial charge in [-0.3, -0.25) is 4.79 Å². The number of ether oxygens (including phenoxy) is 2. The maximum absolute atomic E-state index is 11.1. The molecule has 2 heterocycles. The summed E-state index contributed by atoms with van der Waals surface area (Å²) in [5.41, 5.74) is 1.83. The number of aldehydes is 1. The van der Waals surface area contributed by atoms with Crippen molar-refractivity contribution in [3.05, 3.63) is 40.5 Å². The van der Waals surface area contributed by atoms with E-state index in [1.54, 1.807) is 36.6 Å². The monoisotopic (exact) mass is 354 g/mol. The molecule has 2 aromatic heterocycles. The Morgan fingerprint density at radius 1 is 1.28 bits per heavy atom. The van der Waals surface area contributed by atoms with Gasteiger partial charge in [-0.2, -0.15) is 0 Å². The molecule has 0 amide bonds. The standard InChI is InChI=1S/C19H18N2O3S/c1-11-3-5-13-16(7-11)25-19-17(13)18(20-10-21-19)24-15-8-12(9-22)4-6-14(15)23-2/h4,6,8-11H,3,5,7H2,1-2H3/t11-/m0/s1. The lowest BCUT2D eigenvalue weighted by Crippen LogP contribution is -2.08. The molecule has 1 atom stereocenters. The molecule has 1 aliphatic carbocycles. The van der Waals surface area contributed by atoms with Crippen LogP contribution in [0.2, 0.25) is 0 Å². The van der Waals surface area contributed by atoms with Crippen molar-refractivity contribution in [1.29, 1.82) is 0 Å². The molecule has 0 radical (unpaired) electrons. The van der Waals surface area contributed by atoms with Crippen LogP contribution in [-0.4, -0.2) is 23.4 Å². The van der Waals surface area contributed by atoms with Gasteiger partial charge >= 0.3 is 0 Å². The van der Waals surface area contributed by atoms with Crippen molar-refractivity contribution >= 4 is 27.8 Å². The molecule has 1 aliphatic rings. The number of fused-ring (bicyclic) bond motifs is 3. The van der Waals surface area contributed by atoms with Gasteiger partial charge in [0.15, 0.2) is 11.5 Å². The van der Waals surface area contributed by atoms with Crippen LogP contribution in [0.25, 0.3) is 10.2 Å². The van der Waals surface area contributed by atoms with Crippen LogP contribution in [-0.2, 0) is 12.8 Å². The Morgan fingerprint density at radius 2 is 2.16 bits per heavy atom. The van der Waals surface area contributed by atoms with Gasteiger partial charge in [-0.15, -0.1) is 11.3 Å². The quantitative estimate of drug-likeness (QED) is 0.649. The van der Waals surface area contributed by atoms with Gasteiger partial charge in [-0.1, -0.05) is 6.92 Å². The molecule has 5 nitrogen and oxygen atoms in total. The Hall–Kier alpha value is -2.47. The summed E-state index contributed by atoms with van der Waals surface area (Å²) >= 11 is 1.73. The van der Waals surface area contributed by atoms with Crippen molar-refractivity contribution in [3.8, 4) is 17.4 Å². The van der Waals surface area contributed by atoms with Crippen LogP contribution in [0.3, 0.4) is 0 Å². The van der Waals surface area contributed by atoms with Crippen molar-refractivity contribution in [2.75, 3.05) is 7.11 Å². The molecule has 0 N–H and O–H groups in total. The molecule has 0 fully saturated rings. The minimum Gasteiger partial charge on any atom is -0.493 e. The molecule has 128 valence electrons. The maximum Gasteiger partial charge on any atom is 0.231 e. The first-order chi connectivity index (χ1) is 12.2. The van der Waals surface area contributed by atoms with E-state index in [1.165, 1.54) is 16.8 Å². The molecule has 4 rings (SSSR count). The summed E-state index contributed by atoms with van der Waals surface area (Å²) in [6.45, 7) is 2.28. The number of rotatable bonds is 4. The molecule has 0 saturated heterocycles. The minimum absolute atomic E-state index is 0.483. The number of aromatic nitrogens is 2. The average Bonchev–Trinajstić information content (AvgIpc) is 3.00. The van der Waals surface area contributed by atoms with E-state index in [-0.39, 0.29) is 0 Å². The number of carbonyl (C=O) groups is 1. The van der Waals surface area contributed by atoms with Crippen molar-refractivity contribution < 1.29 is 14.3 Å². The van der Waals surface area contributed by atoms with Gasteiger partial charge in [0, 0.05) is 10.4 Å². The third-order valence-electron chi connectivity index (χ3n) is 4.59. The van der Waals surface area contributed by atoms with Gasteiger partial charge in [0.05, 0.1) is 12.5 Å². The summed E-state index contributed by atoms with van der Waals surface area (Å²) in [4.78, 5) is 22.2. The number of benzene rings is 1. The topological polar surface area (TPSA) is 61.3 Å². The molecule has 1 aromatic carbocycles. The molecule has 0 saturated carbocycles. The number of carbonyl (C=O) groups excluding carboxylic acids is 1. The predicted molar refractivity (Wildman–Crippen MR) is 97.1 cm³/mol. The lowest BCUT2D eigenvalue weighted by atomic mass is 9.89. The van der Waals surface area contributed by atoms with Gasteiger partial charge < -0.3 is 9.47 Å². The summed E-state index contributed by atoms with van der Waals surface area (Å²) in [7, 11) is 1.58. The fourth-order valence-electron chi connectivity index (χ4n) is 3.27. The summed E-state index contributed by atoms with van der Waals surface area (Å²) in [6.07, 6.45) is 5.58.